The Morgan fingerprint density at radius 2 is 1.79 bits per heavy atom. The molecule has 1 aromatic heterocycles. The predicted octanol–water partition coefficient (Wildman–Crippen LogP) is 2.05. The summed E-state index contributed by atoms with van der Waals surface area (Å²) in [5, 5.41) is 31.6. The Kier molecular flexibility index (Phi) is 15.2. The molecule has 0 aliphatic carbocycles. The lowest BCUT2D eigenvalue weighted by molar-refractivity contribution is -0.377. The fraction of sp³-hybridized carbons (Fsp3) is 0.927. The van der Waals surface area contributed by atoms with Crippen LogP contribution in [-0.4, -0.2) is 173 Å². The highest BCUT2D eigenvalue weighted by Crippen LogP contribution is 2.45. The highest BCUT2D eigenvalue weighted by atomic mass is 16.7. The minimum absolute atomic E-state index is 0.0381. The third-order valence-electron chi connectivity index (χ3n) is 13.9. The number of hydrogen-bond acceptors (Lipinski definition) is 15. The van der Waals surface area contributed by atoms with E-state index in [2.05, 4.69) is 36.1 Å². The van der Waals surface area contributed by atoms with Gasteiger partial charge in [-0.3, -0.25) is 4.79 Å². The Balaban J connectivity index is 1.55. The molecule has 330 valence electrons. The summed E-state index contributed by atoms with van der Waals surface area (Å²) < 4.78 is 47.7. The van der Waals surface area contributed by atoms with Gasteiger partial charge in [0.1, 0.15) is 23.9 Å². The van der Waals surface area contributed by atoms with E-state index in [-0.39, 0.29) is 24.5 Å². The van der Waals surface area contributed by atoms with Crippen LogP contribution in [0.15, 0.2) is 6.20 Å². The van der Waals surface area contributed by atoms with Gasteiger partial charge in [-0.15, -0.1) is 5.10 Å². The van der Waals surface area contributed by atoms with Gasteiger partial charge in [0.25, 0.3) is 7.98 Å². The van der Waals surface area contributed by atoms with Crippen molar-refractivity contribution < 1.29 is 48.2 Å². The van der Waals surface area contributed by atoms with Crippen LogP contribution in [0.4, 0.5) is 0 Å². The lowest BCUT2D eigenvalue weighted by atomic mass is 9.76. The molecule has 0 bridgehead atoms. The number of hydrogen-bond donors (Lipinski definition) is 3. The van der Waals surface area contributed by atoms with E-state index in [9.17, 15) is 15.0 Å². The molecule has 16 nitrogen and oxygen atoms in total. The molecule has 4 N–H and O–H groups in total. The van der Waals surface area contributed by atoms with E-state index in [0.717, 1.165) is 12.1 Å². The van der Waals surface area contributed by atoms with Gasteiger partial charge in [0.05, 0.1) is 53.3 Å². The minimum atomic E-state index is -1.75. The van der Waals surface area contributed by atoms with Gasteiger partial charge in [0.15, 0.2) is 12.6 Å². The zero-order valence-electron chi connectivity index (χ0n) is 37.2. The van der Waals surface area contributed by atoms with Crippen molar-refractivity contribution in [3.8, 4) is 0 Å². The highest BCUT2D eigenvalue weighted by molar-refractivity contribution is 6.05. The number of aliphatic hydroxyl groups is 2. The number of aromatic nitrogens is 3. The number of likely N-dealkylation sites (N-methyl/N-ethyl adjacent to an activating group) is 2. The van der Waals surface area contributed by atoms with Crippen LogP contribution in [0, 0.1) is 17.8 Å². The summed E-state index contributed by atoms with van der Waals surface area (Å²) in [6, 6.07) is -0.937. The average Bonchev–Trinajstić information content (AvgIpc) is 3.59. The van der Waals surface area contributed by atoms with Crippen molar-refractivity contribution in [3.05, 3.63) is 11.9 Å². The van der Waals surface area contributed by atoms with Crippen LogP contribution in [0.1, 0.15) is 101 Å². The number of fused-ring (bicyclic) bond motifs is 2. The van der Waals surface area contributed by atoms with Gasteiger partial charge in [0, 0.05) is 57.2 Å². The summed E-state index contributed by atoms with van der Waals surface area (Å²) in [5.74, 6) is -1.89. The molecule has 18 atom stereocenters. The number of carbonyl (C=O) groups excluding carboxylic acids is 1. The lowest BCUT2D eigenvalue weighted by Gasteiger charge is -2.56. The molecule has 1 aromatic rings. The van der Waals surface area contributed by atoms with Crippen LogP contribution in [-0.2, 0) is 44.4 Å². The number of nitrogens with two attached hydrogens (primary N) is 1. The molecule has 0 amide bonds. The Morgan fingerprint density at radius 3 is 2.41 bits per heavy atom. The summed E-state index contributed by atoms with van der Waals surface area (Å²) in [7, 11) is 11.4. The zero-order valence-corrected chi connectivity index (χ0v) is 37.2. The van der Waals surface area contributed by atoms with Crippen LogP contribution < -0.4 is 5.73 Å². The fourth-order valence-electron chi connectivity index (χ4n) is 10.1. The normalized spacial score (nSPS) is 46.4. The summed E-state index contributed by atoms with van der Waals surface area (Å²) in [4.78, 5) is 18.7. The maximum absolute atomic E-state index is 14.4. The van der Waals surface area contributed by atoms with E-state index in [1.807, 2.05) is 53.5 Å². The monoisotopic (exact) mass is 821 g/mol. The van der Waals surface area contributed by atoms with Gasteiger partial charge in [-0.25, -0.2) is 0 Å². The molecule has 17 heteroatoms. The molecule has 0 saturated carbocycles. The van der Waals surface area contributed by atoms with E-state index in [4.69, 9.17) is 46.9 Å². The Bertz CT molecular complexity index is 1510. The topological polar surface area (TPSA) is 185 Å². The van der Waals surface area contributed by atoms with Crippen LogP contribution in [0.25, 0.3) is 0 Å². The van der Waals surface area contributed by atoms with Crippen molar-refractivity contribution in [1.29, 1.82) is 0 Å². The van der Waals surface area contributed by atoms with Crippen LogP contribution in [0.3, 0.4) is 0 Å². The smallest absolute Gasteiger partial charge is 0.311 e. The quantitative estimate of drug-likeness (QED) is 0.256. The van der Waals surface area contributed by atoms with Gasteiger partial charge < -0.3 is 63.5 Å². The van der Waals surface area contributed by atoms with Crippen LogP contribution in [0.2, 0.25) is 0 Å². The molecule has 0 aromatic carbocycles. The van der Waals surface area contributed by atoms with Crippen molar-refractivity contribution in [2.24, 2.45) is 23.5 Å². The summed E-state index contributed by atoms with van der Waals surface area (Å²) in [5.41, 5.74) is 3.95. The zero-order chi connectivity index (χ0) is 43.1. The van der Waals surface area contributed by atoms with Gasteiger partial charge in [0.2, 0.25) is 0 Å². The van der Waals surface area contributed by atoms with E-state index in [0.29, 0.717) is 32.4 Å². The summed E-state index contributed by atoms with van der Waals surface area (Å²) in [6.07, 6.45) is -1.88. The first-order valence-corrected chi connectivity index (χ1v) is 21.3. The van der Waals surface area contributed by atoms with Gasteiger partial charge in [-0.2, -0.15) is 0 Å². The number of cyclic esters (lactones) is 1. The molecule has 5 heterocycles. The van der Waals surface area contributed by atoms with E-state index in [1.165, 1.54) is 11.5 Å². The SMILES string of the molecule is [B]n1cc(CCN(C)[C@H]2C[C@@H](C)O[C@H]3O[C@@H]4[C@@H](C)[C@H](O[C@H]5C[C@@](C)(OC)[C@@H](N)[C@H](C)O5)[C@@H](C)C(=O)O[C@H](CC)[C@@](C)(O)[C@H](O)[C@@H](C)N(C)C[C@H](C)C[C@@]4(C)O[C@@H]32)nn1. The number of ether oxygens (including phenoxy) is 7. The first-order valence-electron chi connectivity index (χ1n) is 21.3. The molecule has 0 unspecified atom stereocenters. The molecule has 58 heavy (non-hydrogen) atoms. The average molecular weight is 821 g/mol. The number of methoxy groups -OCH3 is 1. The molecule has 4 aliphatic rings. The third kappa shape index (κ3) is 9.96. The highest BCUT2D eigenvalue weighted by Gasteiger charge is 2.57. The van der Waals surface area contributed by atoms with Crippen LogP contribution in [0.5, 0.6) is 0 Å². The maximum atomic E-state index is 14.4. The second-order valence-corrected chi connectivity index (χ2v) is 18.8. The van der Waals surface area contributed by atoms with Crippen molar-refractivity contribution in [3.63, 3.8) is 0 Å². The number of nitrogens with zero attached hydrogens (tertiary/aromatic N) is 5. The molecule has 4 aliphatic heterocycles. The largest absolute Gasteiger partial charge is 0.459 e. The Hall–Kier alpha value is -1.77. The van der Waals surface area contributed by atoms with Crippen molar-refractivity contribution in [1.82, 2.24) is 24.7 Å². The van der Waals surface area contributed by atoms with Crippen molar-refractivity contribution in [2.75, 3.05) is 34.3 Å². The van der Waals surface area contributed by atoms with Crippen molar-refractivity contribution >= 4 is 14.0 Å². The second kappa shape index (κ2) is 18.7. The number of carbonyl (C=O) groups is 1. The predicted molar refractivity (Wildman–Crippen MR) is 217 cm³/mol. The lowest BCUT2D eigenvalue weighted by Crippen LogP contribution is -2.68. The Labute approximate surface area is 347 Å². The Morgan fingerprint density at radius 1 is 1.10 bits per heavy atom. The first kappa shape index (κ1) is 47.3. The molecular weight excluding hydrogens is 747 g/mol. The number of esters is 1. The molecule has 5 rings (SSSR count). The maximum Gasteiger partial charge on any atom is 0.311 e. The molecule has 4 saturated heterocycles. The first-order chi connectivity index (χ1) is 27.0. The second-order valence-electron chi connectivity index (χ2n) is 18.8. The minimum Gasteiger partial charge on any atom is -0.459 e. The van der Waals surface area contributed by atoms with Gasteiger partial charge in [-0.1, -0.05) is 26.0 Å². The van der Waals surface area contributed by atoms with Gasteiger partial charge >= 0.3 is 5.97 Å². The molecule has 2 radical (unpaired) electrons. The van der Waals surface area contributed by atoms with Gasteiger partial charge in [-0.05, 0) is 87.7 Å². The molecule has 4 fully saturated rings. The van der Waals surface area contributed by atoms with E-state index in [1.54, 1.807) is 20.2 Å². The number of rotatable bonds is 8. The fourth-order valence-corrected chi connectivity index (χ4v) is 10.1. The van der Waals surface area contributed by atoms with E-state index >= 15 is 0 Å². The van der Waals surface area contributed by atoms with Crippen molar-refractivity contribution in [2.45, 2.75) is 192 Å². The van der Waals surface area contributed by atoms with E-state index < -0.39 is 95.9 Å². The summed E-state index contributed by atoms with van der Waals surface area (Å²) in [6.45, 7) is 20.4. The standard InChI is InChI=1S/C41H73BN6O10/c1-14-30-41(10,51)35(49)26(6)47(12)20-22(2)18-40(9)36(24(4)32(25(5)37(50)55-30)56-31-19-39(8,52-13)34(43)27(7)54-31)57-38-33(58-40)29(17-23(3)53-38)46(11)16-15-28-21-48(42)45-44-28/h21-27,29-36,38,49,51H,14-20,43H2,1-13H3/t22-,23-,24+,25-,26-,27+,29+,30-,31+,32+,33-,34+,35-,36-,38+,39-,40-,41-/m1/s1. The summed E-state index contributed by atoms with van der Waals surface area (Å²) >= 11 is 0. The molecular formula is C41H73BN6O10. The number of aliphatic hydroxyl groups excluding tert-OH is 1. The third-order valence-corrected chi connectivity index (χ3v) is 13.9. The van der Waals surface area contributed by atoms with Crippen LogP contribution >= 0.6 is 0 Å². The molecule has 0 spiro atoms.